The first-order chi connectivity index (χ1) is 14.9. The lowest BCUT2D eigenvalue weighted by Crippen LogP contribution is -2.45. The fourth-order valence-corrected chi connectivity index (χ4v) is 4.16. The molecule has 4 rings (SSSR count). The molecule has 1 heterocycles. The van der Waals surface area contributed by atoms with Crippen LogP contribution in [-0.2, 0) is 19.6 Å². The van der Waals surface area contributed by atoms with Gasteiger partial charge in [-0.15, -0.1) is 0 Å². The van der Waals surface area contributed by atoms with E-state index in [1.807, 2.05) is 24.4 Å². The summed E-state index contributed by atoms with van der Waals surface area (Å²) in [6.45, 7) is 2.57. The zero-order valence-corrected chi connectivity index (χ0v) is 17.6. The average Bonchev–Trinajstić information content (AvgIpc) is 2.81. The van der Waals surface area contributed by atoms with Gasteiger partial charge in [-0.3, -0.25) is 4.98 Å². The molecule has 1 aliphatic rings. The van der Waals surface area contributed by atoms with Crippen LogP contribution in [0.25, 0.3) is 0 Å². The van der Waals surface area contributed by atoms with E-state index in [0.29, 0.717) is 12.1 Å². The molecule has 4 heteroatoms. The Balaban J connectivity index is 1.24. The van der Waals surface area contributed by atoms with Crippen LogP contribution >= 0.6 is 0 Å². The Labute approximate surface area is 180 Å². The quantitative estimate of drug-likeness (QED) is 0.479. The monoisotopic (exact) mass is 400 g/mol. The molecule has 0 bridgehead atoms. The molecule has 3 N–H and O–H groups in total. The van der Waals surface area contributed by atoms with E-state index in [1.165, 1.54) is 42.5 Å². The smallest absolute Gasteiger partial charge is 0.0541 e. The first-order valence-electron chi connectivity index (χ1n) is 11.1. The summed E-state index contributed by atoms with van der Waals surface area (Å²) in [5.74, 6) is 0. The number of rotatable bonds is 9. The highest BCUT2D eigenvalue weighted by Gasteiger charge is 2.24. The second kappa shape index (κ2) is 10.9. The number of hydrogen-bond acceptors (Lipinski definition) is 4. The maximum absolute atomic E-state index is 4.35. The molecule has 2 atom stereocenters. The summed E-state index contributed by atoms with van der Waals surface area (Å²) in [4.78, 5) is 4.35. The van der Waals surface area contributed by atoms with Crippen molar-refractivity contribution in [2.24, 2.45) is 0 Å². The summed E-state index contributed by atoms with van der Waals surface area (Å²) in [5.41, 5.74) is 4.94. The number of benzene rings is 2. The minimum absolute atomic E-state index is 0.496. The van der Waals surface area contributed by atoms with Crippen molar-refractivity contribution in [1.29, 1.82) is 0 Å². The SMILES string of the molecule is c1ccc(NC2CCCCC2NCc2ccc(CNCc3ccccn3)cc2)cc1. The fraction of sp³-hybridized carbons (Fsp3) is 0.346. The predicted octanol–water partition coefficient (Wildman–Crippen LogP) is 4.88. The maximum atomic E-state index is 4.35. The highest BCUT2D eigenvalue weighted by molar-refractivity contribution is 5.44. The fourth-order valence-electron chi connectivity index (χ4n) is 4.16. The minimum Gasteiger partial charge on any atom is -0.381 e. The highest BCUT2D eigenvalue weighted by Crippen LogP contribution is 2.22. The number of hydrogen-bond donors (Lipinski definition) is 3. The Morgan fingerprint density at radius 3 is 2.13 bits per heavy atom. The Morgan fingerprint density at radius 1 is 0.700 bits per heavy atom. The van der Waals surface area contributed by atoms with Crippen LogP contribution < -0.4 is 16.0 Å². The third-order valence-electron chi connectivity index (χ3n) is 5.84. The lowest BCUT2D eigenvalue weighted by atomic mass is 9.90. The third kappa shape index (κ3) is 6.15. The average molecular weight is 401 g/mol. The summed E-state index contributed by atoms with van der Waals surface area (Å²) >= 11 is 0. The topological polar surface area (TPSA) is 49.0 Å². The first kappa shape index (κ1) is 20.6. The van der Waals surface area contributed by atoms with Crippen LogP contribution in [0.15, 0.2) is 79.0 Å². The summed E-state index contributed by atoms with van der Waals surface area (Å²) < 4.78 is 0. The van der Waals surface area contributed by atoms with E-state index in [2.05, 4.69) is 75.5 Å². The Bertz CT molecular complexity index is 865. The highest BCUT2D eigenvalue weighted by atomic mass is 15.0. The number of anilines is 1. The maximum Gasteiger partial charge on any atom is 0.0541 e. The number of para-hydroxylation sites is 1. The molecule has 0 saturated heterocycles. The molecule has 0 radical (unpaired) electrons. The number of nitrogens with one attached hydrogen (secondary N) is 3. The zero-order valence-electron chi connectivity index (χ0n) is 17.6. The van der Waals surface area contributed by atoms with E-state index in [1.54, 1.807) is 0 Å². The molecule has 1 aromatic heterocycles. The summed E-state index contributed by atoms with van der Waals surface area (Å²) in [6, 6.07) is 26.6. The predicted molar refractivity (Wildman–Crippen MR) is 124 cm³/mol. The molecule has 0 aliphatic heterocycles. The van der Waals surface area contributed by atoms with E-state index in [4.69, 9.17) is 0 Å². The van der Waals surface area contributed by atoms with E-state index in [0.717, 1.165) is 25.3 Å². The lowest BCUT2D eigenvalue weighted by Gasteiger charge is -2.33. The molecule has 0 amide bonds. The van der Waals surface area contributed by atoms with Gasteiger partial charge in [-0.2, -0.15) is 0 Å². The number of aromatic nitrogens is 1. The Kier molecular flexibility index (Phi) is 7.48. The van der Waals surface area contributed by atoms with Gasteiger partial charge in [0.25, 0.3) is 0 Å². The Hall–Kier alpha value is -2.69. The lowest BCUT2D eigenvalue weighted by molar-refractivity contribution is 0.342. The normalized spacial score (nSPS) is 18.8. The summed E-state index contributed by atoms with van der Waals surface area (Å²) in [6.07, 6.45) is 6.92. The van der Waals surface area contributed by atoms with Crippen molar-refractivity contribution in [3.05, 3.63) is 95.8 Å². The second-order valence-electron chi connectivity index (χ2n) is 8.13. The van der Waals surface area contributed by atoms with E-state index in [9.17, 15) is 0 Å². The van der Waals surface area contributed by atoms with Crippen molar-refractivity contribution in [2.45, 2.75) is 57.4 Å². The van der Waals surface area contributed by atoms with Crippen molar-refractivity contribution in [2.75, 3.05) is 5.32 Å². The van der Waals surface area contributed by atoms with Crippen LogP contribution in [0.2, 0.25) is 0 Å². The van der Waals surface area contributed by atoms with Gasteiger partial charge < -0.3 is 16.0 Å². The van der Waals surface area contributed by atoms with Crippen LogP contribution in [0.4, 0.5) is 5.69 Å². The molecule has 30 heavy (non-hydrogen) atoms. The molecule has 156 valence electrons. The van der Waals surface area contributed by atoms with Crippen molar-refractivity contribution in [3.63, 3.8) is 0 Å². The molecule has 1 fully saturated rings. The van der Waals surface area contributed by atoms with Gasteiger partial charge in [-0.25, -0.2) is 0 Å². The van der Waals surface area contributed by atoms with Crippen LogP contribution in [0.3, 0.4) is 0 Å². The van der Waals surface area contributed by atoms with E-state index in [-0.39, 0.29) is 0 Å². The van der Waals surface area contributed by atoms with Crippen LogP contribution in [0, 0.1) is 0 Å². The van der Waals surface area contributed by atoms with Gasteiger partial charge in [-0.1, -0.05) is 61.4 Å². The minimum atomic E-state index is 0.496. The van der Waals surface area contributed by atoms with Gasteiger partial charge in [0.05, 0.1) is 5.69 Å². The van der Waals surface area contributed by atoms with Crippen molar-refractivity contribution < 1.29 is 0 Å². The molecule has 0 spiro atoms. The largest absolute Gasteiger partial charge is 0.381 e. The molecule has 2 aromatic carbocycles. The molecule has 2 unspecified atom stereocenters. The zero-order chi connectivity index (χ0) is 20.4. The molecule has 3 aromatic rings. The molecule has 1 aliphatic carbocycles. The first-order valence-corrected chi connectivity index (χ1v) is 11.1. The van der Waals surface area contributed by atoms with Gasteiger partial charge in [0.2, 0.25) is 0 Å². The molecule has 1 saturated carbocycles. The van der Waals surface area contributed by atoms with Crippen molar-refractivity contribution >= 4 is 5.69 Å². The van der Waals surface area contributed by atoms with E-state index < -0.39 is 0 Å². The molecular formula is C26H32N4. The molecule has 4 nitrogen and oxygen atoms in total. The van der Waals surface area contributed by atoms with Gasteiger partial charge in [-0.05, 0) is 48.2 Å². The summed E-state index contributed by atoms with van der Waals surface area (Å²) in [5, 5.41) is 11.0. The Morgan fingerprint density at radius 2 is 1.40 bits per heavy atom. The second-order valence-corrected chi connectivity index (χ2v) is 8.13. The van der Waals surface area contributed by atoms with Crippen LogP contribution in [0.5, 0.6) is 0 Å². The van der Waals surface area contributed by atoms with Gasteiger partial charge in [0.15, 0.2) is 0 Å². The van der Waals surface area contributed by atoms with Gasteiger partial charge in [0, 0.05) is 43.6 Å². The number of nitrogens with zero attached hydrogens (tertiary/aromatic N) is 1. The third-order valence-corrected chi connectivity index (χ3v) is 5.84. The van der Waals surface area contributed by atoms with Crippen molar-refractivity contribution in [1.82, 2.24) is 15.6 Å². The standard InChI is InChI=1S/C26H32N4/c1-2-8-23(9-3-1)30-26-12-5-4-11-25(26)29-19-22-15-13-21(14-16-22)18-27-20-24-10-6-7-17-28-24/h1-3,6-10,13-17,25-27,29-30H,4-5,11-12,18-20H2. The van der Waals surface area contributed by atoms with Crippen LogP contribution in [-0.4, -0.2) is 17.1 Å². The summed E-state index contributed by atoms with van der Waals surface area (Å²) in [7, 11) is 0. The van der Waals surface area contributed by atoms with Crippen LogP contribution in [0.1, 0.15) is 42.5 Å². The van der Waals surface area contributed by atoms with Crippen molar-refractivity contribution in [3.8, 4) is 0 Å². The van der Waals surface area contributed by atoms with E-state index >= 15 is 0 Å². The number of pyridine rings is 1. The molecular weight excluding hydrogens is 368 g/mol. The van der Waals surface area contributed by atoms with Gasteiger partial charge in [0.1, 0.15) is 0 Å². The van der Waals surface area contributed by atoms with Gasteiger partial charge >= 0.3 is 0 Å².